The molecule has 1 aliphatic rings. The Morgan fingerprint density at radius 2 is 2.07 bits per heavy atom. The summed E-state index contributed by atoms with van der Waals surface area (Å²) in [6.45, 7) is 0.432. The van der Waals surface area contributed by atoms with E-state index >= 15 is 0 Å². The number of para-hydroxylation sites is 1. The van der Waals surface area contributed by atoms with E-state index in [9.17, 15) is 0 Å². The molecule has 0 aliphatic carbocycles. The summed E-state index contributed by atoms with van der Waals surface area (Å²) in [5.41, 5.74) is 8.18. The molecule has 2 N–H and O–H groups in total. The second-order valence-electron chi connectivity index (χ2n) is 3.70. The number of hydrogen-bond acceptors (Lipinski definition) is 3. The zero-order chi connectivity index (χ0) is 10.3. The van der Waals surface area contributed by atoms with Gasteiger partial charge < -0.3 is 5.73 Å². The van der Waals surface area contributed by atoms with Crippen molar-refractivity contribution in [3.63, 3.8) is 0 Å². The lowest BCUT2D eigenvalue weighted by Crippen LogP contribution is -2.15. The Bertz CT molecular complexity index is 488. The highest BCUT2D eigenvalue weighted by Crippen LogP contribution is 2.24. The van der Waals surface area contributed by atoms with Crippen molar-refractivity contribution in [2.24, 2.45) is 5.73 Å². The fourth-order valence-corrected chi connectivity index (χ4v) is 2.11. The zero-order valence-electron chi connectivity index (χ0n) is 8.35. The van der Waals surface area contributed by atoms with Crippen LogP contribution in [0, 0.1) is 0 Å². The van der Waals surface area contributed by atoms with E-state index in [1.807, 2.05) is 6.07 Å². The third kappa shape index (κ3) is 1.18. The summed E-state index contributed by atoms with van der Waals surface area (Å²) in [6.07, 6.45) is 1.99. The Morgan fingerprint density at radius 1 is 1.20 bits per heavy atom. The minimum atomic E-state index is 0.432. The van der Waals surface area contributed by atoms with Gasteiger partial charge in [0.2, 0.25) is 0 Å². The smallest absolute Gasteiger partial charge is 0.151 e. The number of hydrogen-bond donors (Lipinski definition) is 1. The lowest BCUT2D eigenvalue weighted by molar-refractivity contribution is 0.752. The minimum Gasteiger partial charge on any atom is -0.324 e. The largest absolute Gasteiger partial charge is 0.324 e. The van der Waals surface area contributed by atoms with Crippen molar-refractivity contribution in [1.29, 1.82) is 0 Å². The number of benzene rings is 1. The molecule has 0 amide bonds. The average molecular weight is 200 g/mol. The molecule has 2 heterocycles. The van der Waals surface area contributed by atoms with Crippen LogP contribution < -0.4 is 5.73 Å². The van der Waals surface area contributed by atoms with Gasteiger partial charge in [0, 0.05) is 6.42 Å². The van der Waals surface area contributed by atoms with Gasteiger partial charge in [0.15, 0.2) is 5.82 Å². The van der Waals surface area contributed by atoms with E-state index in [0.29, 0.717) is 6.54 Å². The first-order chi connectivity index (χ1) is 7.40. The molecule has 2 aromatic rings. The Labute approximate surface area is 87.7 Å². The normalized spacial score (nSPS) is 13.4. The van der Waals surface area contributed by atoms with Crippen molar-refractivity contribution in [3.8, 4) is 5.69 Å². The fourth-order valence-electron chi connectivity index (χ4n) is 2.11. The molecule has 1 aromatic carbocycles. The highest BCUT2D eigenvalue weighted by molar-refractivity contribution is 5.45. The first-order valence-electron chi connectivity index (χ1n) is 5.11. The van der Waals surface area contributed by atoms with Crippen LogP contribution in [0.2, 0.25) is 0 Å². The van der Waals surface area contributed by atoms with Gasteiger partial charge in [0.25, 0.3) is 0 Å². The van der Waals surface area contributed by atoms with Crippen molar-refractivity contribution < 1.29 is 0 Å². The molecule has 0 saturated heterocycles. The van der Waals surface area contributed by atoms with E-state index in [-0.39, 0.29) is 0 Å². The highest BCUT2D eigenvalue weighted by Gasteiger charge is 2.19. The van der Waals surface area contributed by atoms with Gasteiger partial charge in [-0.25, -0.2) is 0 Å². The molecule has 1 aromatic heterocycles. The topological polar surface area (TPSA) is 56.7 Å². The quantitative estimate of drug-likeness (QED) is 0.741. The third-order valence-corrected chi connectivity index (χ3v) is 2.83. The number of aromatic nitrogens is 3. The number of nitrogens with two attached hydrogens (primary N) is 1. The molecule has 4 nitrogen and oxygen atoms in total. The average Bonchev–Trinajstić information content (AvgIpc) is 2.72. The molecule has 3 rings (SSSR count). The van der Waals surface area contributed by atoms with Crippen LogP contribution in [0.15, 0.2) is 24.3 Å². The molecule has 4 heteroatoms. The molecule has 0 unspecified atom stereocenters. The number of nitrogens with zero attached hydrogens (tertiary/aromatic N) is 3. The molecule has 0 bridgehead atoms. The summed E-state index contributed by atoms with van der Waals surface area (Å²) in [5, 5.41) is 8.26. The summed E-state index contributed by atoms with van der Waals surface area (Å²) in [5.74, 6) is 1.87. The van der Waals surface area contributed by atoms with Crippen LogP contribution >= 0.6 is 0 Å². The highest BCUT2D eigenvalue weighted by atomic mass is 15.3. The molecule has 0 atom stereocenters. The minimum absolute atomic E-state index is 0.432. The maximum atomic E-state index is 5.65. The van der Waals surface area contributed by atoms with E-state index in [1.54, 1.807) is 0 Å². The monoisotopic (exact) mass is 200 g/mol. The number of fused-ring (bicyclic) bond motifs is 3. The van der Waals surface area contributed by atoms with E-state index in [1.165, 1.54) is 11.3 Å². The number of rotatable bonds is 1. The van der Waals surface area contributed by atoms with Gasteiger partial charge in [-0.15, -0.1) is 10.2 Å². The Morgan fingerprint density at radius 3 is 2.93 bits per heavy atom. The summed E-state index contributed by atoms with van der Waals surface area (Å²) >= 11 is 0. The molecular weight excluding hydrogens is 188 g/mol. The predicted molar refractivity (Wildman–Crippen MR) is 56.7 cm³/mol. The summed E-state index contributed by atoms with van der Waals surface area (Å²) in [4.78, 5) is 0. The van der Waals surface area contributed by atoms with Gasteiger partial charge in [-0.3, -0.25) is 4.57 Å². The zero-order valence-corrected chi connectivity index (χ0v) is 8.35. The molecule has 15 heavy (non-hydrogen) atoms. The van der Waals surface area contributed by atoms with Gasteiger partial charge in [-0.2, -0.15) is 0 Å². The van der Waals surface area contributed by atoms with E-state index in [4.69, 9.17) is 5.73 Å². The van der Waals surface area contributed by atoms with Crippen LogP contribution in [-0.4, -0.2) is 14.8 Å². The lowest BCUT2D eigenvalue weighted by atomic mass is 10.0. The van der Waals surface area contributed by atoms with Crippen LogP contribution in [0.3, 0.4) is 0 Å². The van der Waals surface area contributed by atoms with Crippen LogP contribution in [-0.2, 0) is 19.4 Å². The van der Waals surface area contributed by atoms with E-state index in [2.05, 4.69) is 33.0 Å². The maximum absolute atomic E-state index is 5.65. The third-order valence-electron chi connectivity index (χ3n) is 2.83. The van der Waals surface area contributed by atoms with Crippen LogP contribution in [0.25, 0.3) is 5.69 Å². The van der Waals surface area contributed by atoms with Gasteiger partial charge in [-0.05, 0) is 18.1 Å². The first-order valence-corrected chi connectivity index (χ1v) is 5.11. The van der Waals surface area contributed by atoms with Gasteiger partial charge in [0.1, 0.15) is 5.82 Å². The number of aryl methyl sites for hydroxylation is 2. The standard InChI is InChI=1S/C11H12N4/c12-7-11-14-13-10-6-5-8-3-1-2-4-9(8)15(10)11/h1-4H,5-7,12H2. The Balaban J connectivity index is 2.27. The van der Waals surface area contributed by atoms with Gasteiger partial charge >= 0.3 is 0 Å². The van der Waals surface area contributed by atoms with Crippen molar-refractivity contribution in [3.05, 3.63) is 41.5 Å². The Kier molecular flexibility index (Phi) is 1.82. The van der Waals surface area contributed by atoms with Crippen LogP contribution in [0.4, 0.5) is 0 Å². The lowest BCUT2D eigenvalue weighted by Gasteiger charge is -2.18. The van der Waals surface area contributed by atoms with Crippen LogP contribution in [0.5, 0.6) is 0 Å². The maximum Gasteiger partial charge on any atom is 0.151 e. The second-order valence-corrected chi connectivity index (χ2v) is 3.70. The molecule has 1 aliphatic heterocycles. The van der Waals surface area contributed by atoms with Gasteiger partial charge in [0.05, 0.1) is 12.2 Å². The van der Waals surface area contributed by atoms with Crippen molar-refractivity contribution >= 4 is 0 Å². The Hall–Kier alpha value is -1.68. The van der Waals surface area contributed by atoms with Crippen molar-refractivity contribution in [2.75, 3.05) is 0 Å². The molecule has 0 spiro atoms. The summed E-state index contributed by atoms with van der Waals surface area (Å²) < 4.78 is 2.08. The molecule has 0 saturated carbocycles. The fraction of sp³-hybridized carbons (Fsp3) is 0.273. The molecule has 0 radical (unpaired) electrons. The first kappa shape index (κ1) is 8.61. The van der Waals surface area contributed by atoms with Crippen LogP contribution in [0.1, 0.15) is 17.2 Å². The van der Waals surface area contributed by atoms with E-state index in [0.717, 1.165) is 24.5 Å². The summed E-state index contributed by atoms with van der Waals surface area (Å²) in [7, 11) is 0. The summed E-state index contributed by atoms with van der Waals surface area (Å²) in [6, 6.07) is 8.35. The van der Waals surface area contributed by atoms with Crippen molar-refractivity contribution in [2.45, 2.75) is 19.4 Å². The molecule has 0 fully saturated rings. The SMILES string of the molecule is NCc1nnc2n1-c1ccccc1CC2. The van der Waals surface area contributed by atoms with Gasteiger partial charge in [-0.1, -0.05) is 18.2 Å². The second kappa shape index (κ2) is 3.17. The van der Waals surface area contributed by atoms with E-state index < -0.39 is 0 Å². The molecular formula is C11H12N4. The predicted octanol–water partition coefficient (Wildman–Crippen LogP) is 0.825. The molecule has 76 valence electrons. The van der Waals surface area contributed by atoms with Crippen molar-refractivity contribution in [1.82, 2.24) is 14.8 Å².